The minimum absolute atomic E-state index is 0. The van der Waals surface area contributed by atoms with Crippen LogP contribution in [0.3, 0.4) is 0 Å². The molecule has 0 aromatic heterocycles. The Bertz CT molecular complexity index is 532. The van der Waals surface area contributed by atoms with Crippen molar-refractivity contribution in [3.8, 4) is 24.3 Å². The van der Waals surface area contributed by atoms with Gasteiger partial charge in [-0.05, 0) is 59.8 Å². The van der Waals surface area contributed by atoms with E-state index in [1.807, 2.05) is 60.6 Å². The molecule has 0 aromatic carbocycles. The fraction of sp³-hybridized carbons (Fsp3) is 0.800. The smallest absolute Gasteiger partial charge is 0.303 e. The van der Waals surface area contributed by atoms with Crippen LogP contribution in [0.5, 0.6) is 0 Å². The van der Waals surface area contributed by atoms with Gasteiger partial charge in [-0.1, -0.05) is 42.0 Å². The summed E-state index contributed by atoms with van der Waals surface area (Å²) in [5, 5.41) is 40.7. The summed E-state index contributed by atoms with van der Waals surface area (Å²) < 4.78 is 0. The van der Waals surface area contributed by atoms with E-state index in [4.69, 9.17) is 26.2 Å². The van der Waals surface area contributed by atoms with E-state index >= 15 is 0 Å². The summed E-state index contributed by atoms with van der Waals surface area (Å²) in [6.07, 6.45) is 2.54. The Hall–Kier alpha value is -2.57. The Balaban J connectivity index is -0.0000000660. The molecule has 180 valence electrons. The highest BCUT2D eigenvalue weighted by Crippen LogP contribution is 2.08. The molecular weight excluding hydrogens is 388 g/mol. The Morgan fingerprint density at radius 3 is 1.26 bits per heavy atom. The van der Waals surface area contributed by atoms with E-state index in [1.165, 1.54) is 0 Å². The molecule has 0 aliphatic heterocycles. The van der Waals surface area contributed by atoms with E-state index in [-0.39, 0.29) is 37.5 Å². The van der Waals surface area contributed by atoms with Crippen LogP contribution >= 0.6 is 0 Å². The number of carboxylic acids is 1. The highest BCUT2D eigenvalue weighted by molar-refractivity contribution is 5.66. The Morgan fingerprint density at radius 1 is 0.774 bits per heavy atom. The minimum atomic E-state index is -0.836. The third-order valence-corrected chi connectivity index (χ3v) is 3.15. The third-order valence-electron chi connectivity index (χ3n) is 3.15. The molecule has 0 spiro atoms. The van der Waals surface area contributed by atoms with Gasteiger partial charge in [0.1, 0.15) is 0 Å². The standard InChI is InChI=1S/C7H13N.C6H9NO2.C5H9N.C4H7N.C2H6.CH4/c1-6(2)4-7(3)5-8;1-5(4-7)2-3-6(8)9;1-3-5(2)4-6;1-4(2)3-5;1-2;/h6-7H,4H2,1-3H3;5H,2-3H2,1H3,(H,8,9);5H,3H2,1-2H3;4H,1-2H3;1-2H3;1H4. The lowest BCUT2D eigenvalue weighted by Crippen LogP contribution is -1.98. The van der Waals surface area contributed by atoms with E-state index in [1.54, 1.807) is 6.92 Å². The fourth-order valence-corrected chi connectivity index (χ4v) is 1.26. The normalized spacial score (nSPS) is 10.8. The molecule has 0 radical (unpaired) electrons. The molecule has 0 amide bonds. The zero-order chi connectivity index (χ0) is 25.1. The van der Waals surface area contributed by atoms with E-state index in [9.17, 15) is 4.79 Å². The first kappa shape index (κ1) is 42.5. The monoisotopic (exact) mass is 436 g/mol. The van der Waals surface area contributed by atoms with Crippen LogP contribution < -0.4 is 0 Å². The van der Waals surface area contributed by atoms with Crippen LogP contribution in [-0.2, 0) is 4.79 Å². The predicted molar refractivity (Wildman–Crippen MR) is 129 cm³/mol. The topological polar surface area (TPSA) is 132 Å². The summed E-state index contributed by atoms with van der Waals surface area (Å²) in [6, 6.07) is 8.30. The van der Waals surface area contributed by atoms with Gasteiger partial charge >= 0.3 is 5.97 Å². The lowest BCUT2D eigenvalue weighted by atomic mass is 10.0. The lowest BCUT2D eigenvalue weighted by molar-refractivity contribution is -0.137. The molecule has 0 fully saturated rings. The van der Waals surface area contributed by atoms with Gasteiger partial charge in [0.2, 0.25) is 0 Å². The van der Waals surface area contributed by atoms with Gasteiger partial charge < -0.3 is 5.11 Å². The van der Waals surface area contributed by atoms with Gasteiger partial charge in [0.25, 0.3) is 0 Å². The summed E-state index contributed by atoms with van der Waals surface area (Å²) in [7, 11) is 0. The highest BCUT2D eigenvalue weighted by Gasteiger charge is 2.02. The quantitative estimate of drug-likeness (QED) is 0.456. The van der Waals surface area contributed by atoms with Crippen molar-refractivity contribution in [1.82, 2.24) is 0 Å². The first-order chi connectivity index (χ1) is 13.9. The molecule has 0 saturated heterocycles. The second-order valence-electron chi connectivity index (χ2n) is 7.34. The molecule has 0 aromatic rings. The van der Waals surface area contributed by atoms with Crippen LogP contribution in [0.2, 0.25) is 0 Å². The minimum Gasteiger partial charge on any atom is -0.481 e. The fourth-order valence-electron chi connectivity index (χ4n) is 1.26. The Labute approximate surface area is 193 Å². The van der Waals surface area contributed by atoms with Crippen molar-refractivity contribution in [3.05, 3.63) is 0 Å². The number of hydrogen-bond donors (Lipinski definition) is 1. The molecule has 0 heterocycles. The first-order valence-electron chi connectivity index (χ1n) is 10.7. The predicted octanol–water partition coefficient (Wildman–Crippen LogP) is 7.59. The van der Waals surface area contributed by atoms with Crippen LogP contribution in [0.4, 0.5) is 0 Å². The number of nitriles is 4. The maximum atomic E-state index is 9.91. The maximum Gasteiger partial charge on any atom is 0.303 e. The van der Waals surface area contributed by atoms with Crippen LogP contribution in [0.1, 0.15) is 102 Å². The summed E-state index contributed by atoms with van der Waals surface area (Å²) >= 11 is 0. The molecule has 0 bridgehead atoms. The van der Waals surface area contributed by atoms with Crippen molar-refractivity contribution in [1.29, 1.82) is 21.0 Å². The molecule has 0 aliphatic carbocycles. The molecule has 3 atom stereocenters. The van der Waals surface area contributed by atoms with E-state index in [0.29, 0.717) is 12.3 Å². The van der Waals surface area contributed by atoms with E-state index in [2.05, 4.69) is 26.0 Å². The second-order valence-corrected chi connectivity index (χ2v) is 7.34. The molecule has 31 heavy (non-hydrogen) atoms. The second kappa shape index (κ2) is 34.9. The SMILES string of the molecule is C.CC.CC(C#N)CCC(=O)O.CC(C)C#N.CC(C)CC(C)C#N.CCC(C)C#N. The molecule has 6 heteroatoms. The highest BCUT2D eigenvalue weighted by atomic mass is 16.4. The third kappa shape index (κ3) is 65.7. The Morgan fingerprint density at radius 2 is 1.13 bits per heavy atom. The van der Waals surface area contributed by atoms with Gasteiger partial charge in [0.05, 0.1) is 24.3 Å². The van der Waals surface area contributed by atoms with Crippen molar-refractivity contribution in [3.63, 3.8) is 0 Å². The Kier molecular flexibility index (Phi) is 47.9. The summed E-state index contributed by atoms with van der Waals surface area (Å²) in [6.45, 7) is 19.6. The van der Waals surface area contributed by atoms with Crippen molar-refractivity contribution >= 4 is 5.97 Å². The van der Waals surface area contributed by atoms with Crippen LogP contribution in [-0.4, -0.2) is 11.1 Å². The van der Waals surface area contributed by atoms with Crippen molar-refractivity contribution < 1.29 is 9.90 Å². The average Bonchev–Trinajstić information content (AvgIpc) is 2.73. The number of carboxylic acid groups (broad SMARTS) is 1. The van der Waals surface area contributed by atoms with Crippen LogP contribution in [0, 0.1) is 74.9 Å². The lowest BCUT2D eigenvalue weighted by Gasteiger charge is -2.03. The first-order valence-corrected chi connectivity index (χ1v) is 10.7. The van der Waals surface area contributed by atoms with Crippen LogP contribution in [0.15, 0.2) is 0 Å². The molecule has 0 saturated carbocycles. The number of aliphatic carboxylic acids is 1. The van der Waals surface area contributed by atoms with Crippen LogP contribution in [0.25, 0.3) is 0 Å². The zero-order valence-corrected chi connectivity index (χ0v) is 20.9. The number of nitrogens with zero attached hydrogens (tertiary/aromatic N) is 4. The number of carbonyl (C=O) groups is 1. The van der Waals surface area contributed by atoms with Gasteiger partial charge in [0, 0.05) is 30.1 Å². The van der Waals surface area contributed by atoms with E-state index < -0.39 is 5.97 Å². The largest absolute Gasteiger partial charge is 0.481 e. The molecule has 1 N–H and O–H groups in total. The molecule has 6 nitrogen and oxygen atoms in total. The van der Waals surface area contributed by atoms with Gasteiger partial charge in [-0.25, -0.2) is 0 Å². The molecular formula is C25H48N4O2. The van der Waals surface area contributed by atoms with Crippen molar-refractivity contribution in [2.24, 2.45) is 29.6 Å². The summed E-state index contributed by atoms with van der Waals surface area (Å²) in [5.74, 6) is 0.345. The van der Waals surface area contributed by atoms with Gasteiger partial charge in [-0.15, -0.1) is 0 Å². The average molecular weight is 437 g/mol. The van der Waals surface area contributed by atoms with E-state index in [0.717, 1.165) is 12.8 Å². The van der Waals surface area contributed by atoms with Crippen molar-refractivity contribution in [2.75, 3.05) is 0 Å². The number of hydrogen-bond acceptors (Lipinski definition) is 5. The maximum absolute atomic E-state index is 9.91. The van der Waals surface area contributed by atoms with Gasteiger partial charge in [0.15, 0.2) is 0 Å². The summed E-state index contributed by atoms with van der Waals surface area (Å²) in [5.41, 5.74) is 0. The summed E-state index contributed by atoms with van der Waals surface area (Å²) in [4.78, 5) is 9.91. The molecule has 0 aliphatic rings. The van der Waals surface area contributed by atoms with Gasteiger partial charge in [-0.3, -0.25) is 4.79 Å². The van der Waals surface area contributed by atoms with Gasteiger partial charge in [-0.2, -0.15) is 21.0 Å². The number of rotatable bonds is 6. The molecule has 3 unspecified atom stereocenters. The molecule has 0 rings (SSSR count). The zero-order valence-electron chi connectivity index (χ0n) is 20.9. The van der Waals surface area contributed by atoms with Crippen molar-refractivity contribution in [2.45, 2.75) is 102 Å².